The molecule has 0 saturated heterocycles. The average Bonchev–Trinajstić information content (AvgIpc) is 1.98. The lowest BCUT2D eigenvalue weighted by atomic mass is 10.0. The molecule has 1 aliphatic carbocycles. The summed E-state index contributed by atoms with van der Waals surface area (Å²) in [6, 6.07) is 0. The van der Waals surface area contributed by atoms with Crippen LogP contribution in [-0.4, -0.2) is 19.3 Å². The van der Waals surface area contributed by atoms with Gasteiger partial charge in [0.25, 0.3) is 0 Å². The van der Waals surface area contributed by atoms with E-state index in [0.717, 1.165) is 0 Å². The molecule has 12 heavy (non-hydrogen) atoms. The maximum absolute atomic E-state index is 3.71. The van der Waals surface area contributed by atoms with Crippen LogP contribution in [-0.2, 0) is 0 Å². The normalized spacial score (nSPS) is 45.0. The molecular weight excluding hydrogens is 416 g/mol. The highest BCUT2D eigenvalue weighted by Gasteiger charge is 2.24. The second-order valence-electron chi connectivity index (χ2n) is 3.28. The van der Waals surface area contributed by atoms with E-state index < -0.39 is 0 Å². The topological polar surface area (TPSA) is 0 Å². The molecular formula is C8H12Br4. The maximum Gasteiger partial charge on any atom is 0.0281 e. The van der Waals surface area contributed by atoms with E-state index in [2.05, 4.69) is 63.7 Å². The molecule has 0 bridgehead atoms. The van der Waals surface area contributed by atoms with Crippen molar-refractivity contribution in [3.05, 3.63) is 0 Å². The van der Waals surface area contributed by atoms with Crippen molar-refractivity contribution < 1.29 is 0 Å². The Morgan fingerprint density at radius 1 is 0.667 bits per heavy atom. The molecule has 0 aromatic carbocycles. The first-order valence-corrected chi connectivity index (χ1v) is 7.82. The Morgan fingerprint density at radius 2 is 1.33 bits per heavy atom. The molecule has 1 aliphatic rings. The third-order valence-corrected chi connectivity index (χ3v) is 6.54. The molecule has 0 aromatic rings. The summed E-state index contributed by atoms with van der Waals surface area (Å²) in [6.07, 6.45) is 4.96. The summed E-state index contributed by atoms with van der Waals surface area (Å²) in [5.41, 5.74) is 0. The fourth-order valence-corrected chi connectivity index (χ4v) is 5.17. The lowest BCUT2D eigenvalue weighted by Crippen LogP contribution is -2.24. The van der Waals surface area contributed by atoms with Gasteiger partial charge in [0.2, 0.25) is 0 Å². The van der Waals surface area contributed by atoms with Crippen LogP contribution in [0.1, 0.15) is 25.7 Å². The zero-order valence-electron chi connectivity index (χ0n) is 6.65. The predicted octanol–water partition coefficient (Wildman–Crippen LogP) is 4.61. The molecule has 1 saturated carbocycles. The van der Waals surface area contributed by atoms with Crippen molar-refractivity contribution in [1.82, 2.24) is 0 Å². The van der Waals surface area contributed by atoms with Gasteiger partial charge in [-0.3, -0.25) is 0 Å². The van der Waals surface area contributed by atoms with E-state index in [0.29, 0.717) is 19.3 Å². The monoisotopic (exact) mass is 424 g/mol. The highest BCUT2D eigenvalue weighted by molar-refractivity contribution is 9.12. The van der Waals surface area contributed by atoms with Crippen LogP contribution in [0.5, 0.6) is 0 Å². The molecule has 4 heteroatoms. The molecule has 0 aliphatic heterocycles. The van der Waals surface area contributed by atoms with Crippen molar-refractivity contribution in [3.8, 4) is 0 Å². The Hall–Kier alpha value is 1.92. The van der Waals surface area contributed by atoms with E-state index >= 15 is 0 Å². The van der Waals surface area contributed by atoms with Gasteiger partial charge in [0.15, 0.2) is 0 Å². The van der Waals surface area contributed by atoms with Gasteiger partial charge in [-0.15, -0.1) is 0 Å². The quantitative estimate of drug-likeness (QED) is 0.495. The number of hydrogen-bond acceptors (Lipinski definition) is 0. The van der Waals surface area contributed by atoms with E-state index in [9.17, 15) is 0 Å². The first kappa shape index (κ1) is 12.0. The molecule has 0 heterocycles. The third kappa shape index (κ3) is 3.97. The highest BCUT2D eigenvalue weighted by atomic mass is 79.9. The molecule has 72 valence electrons. The summed E-state index contributed by atoms with van der Waals surface area (Å²) < 4.78 is 0. The van der Waals surface area contributed by atoms with E-state index in [1.54, 1.807) is 0 Å². The van der Waals surface area contributed by atoms with Gasteiger partial charge in [0, 0.05) is 19.3 Å². The van der Waals surface area contributed by atoms with Crippen molar-refractivity contribution in [2.24, 2.45) is 0 Å². The molecule has 0 N–H and O–H groups in total. The van der Waals surface area contributed by atoms with Crippen LogP contribution in [0.2, 0.25) is 0 Å². The SMILES string of the molecule is BrC1CCC(Br)C(Br)CC(Br)C1. The Morgan fingerprint density at radius 3 is 2.00 bits per heavy atom. The van der Waals surface area contributed by atoms with E-state index in [1.165, 1.54) is 25.7 Å². The number of rotatable bonds is 0. The highest BCUT2D eigenvalue weighted by Crippen LogP contribution is 2.33. The average molecular weight is 428 g/mol. The minimum absolute atomic E-state index is 0.613. The summed E-state index contributed by atoms with van der Waals surface area (Å²) in [6.45, 7) is 0. The van der Waals surface area contributed by atoms with Crippen LogP contribution in [0.15, 0.2) is 0 Å². The Balaban J connectivity index is 2.46. The fourth-order valence-electron chi connectivity index (χ4n) is 1.40. The minimum atomic E-state index is 0.613. The molecule has 1 fully saturated rings. The zero-order valence-corrected chi connectivity index (χ0v) is 13.0. The standard InChI is InChI=1S/C8H12Br4/c9-5-1-2-7(11)8(12)4-6(10)3-5/h5-8H,1-4H2. The van der Waals surface area contributed by atoms with E-state index in [-0.39, 0.29) is 0 Å². The number of halogens is 4. The summed E-state index contributed by atoms with van der Waals surface area (Å²) in [5, 5.41) is 0. The maximum atomic E-state index is 3.71. The molecule has 4 unspecified atom stereocenters. The van der Waals surface area contributed by atoms with Gasteiger partial charge in [-0.2, -0.15) is 0 Å². The van der Waals surface area contributed by atoms with Crippen molar-refractivity contribution in [2.75, 3.05) is 0 Å². The van der Waals surface area contributed by atoms with Gasteiger partial charge >= 0.3 is 0 Å². The van der Waals surface area contributed by atoms with Gasteiger partial charge in [-0.05, 0) is 25.7 Å². The van der Waals surface area contributed by atoms with Crippen LogP contribution in [0, 0.1) is 0 Å². The summed E-state index contributed by atoms with van der Waals surface area (Å²) in [4.78, 5) is 2.56. The van der Waals surface area contributed by atoms with Crippen LogP contribution < -0.4 is 0 Å². The molecule has 1 rings (SSSR count). The molecule has 0 amide bonds. The van der Waals surface area contributed by atoms with Gasteiger partial charge in [0.1, 0.15) is 0 Å². The van der Waals surface area contributed by atoms with E-state index in [1.807, 2.05) is 0 Å². The van der Waals surface area contributed by atoms with E-state index in [4.69, 9.17) is 0 Å². The van der Waals surface area contributed by atoms with Crippen LogP contribution in [0.3, 0.4) is 0 Å². The molecule has 0 spiro atoms. The third-order valence-electron chi connectivity index (χ3n) is 2.14. The molecule has 0 radical (unpaired) electrons. The molecule has 0 aromatic heterocycles. The van der Waals surface area contributed by atoms with Gasteiger partial charge < -0.3 is 0 Å². The predicted molar refractivity (Wildman–Crippen MR) is 69.3 cm³/mol. The van der Waals surface area contributed by atoms with Gasteiger partial charge in [0.05, 0.1) is 0 Å². The first-order valence-electron chi connectivity index (χ1n) is 4.16. The van der Waals surface area contributed by atoms with Crippen LogP contribution in [0.25, 0.3) is 0 Å². The largest absolute Gasteiger partial charge is 0.0890 e. The van der Waals surface area contributed by atoms with Gasteiger partial charge in [-0.25, -0.2) is 0 Å². The molecule has 4 atom stereocenters. The lowest BCUT2D eigenvalue weighted by Gasteiger charge is -2.25. The smallest absolute Gasteiger partial charge is 0.0281 e. The Kier molecular flexibility index (Phi) is 5.71. The Labute approximate surface area is 108 Å². The van der Waals surface area contributed by atoms with Crippen molar-refractivity contribution in [2.45, 2.75) is 45.0 Å². The van der Waals surface area contributed by atoms with Crippen LogP contribution >= 0.6 is 63.7 Å². The van der Waals surface area contributed by atoms with Crippen molar-refractivity contribution in [3.63, 3.8) is 0 Å². The van der Waals surface area contributed by atoms with Crippen molar-refractivity contribution >= 4 is 63.7 Å². The summed E-state index contributed by atoms with van der Waals surface area (Å²) in [5.74, 6) is 0. The second kappa shape index (κ2) is 5.72. The lowest BCUT2D eigenvalue weighted by molar-refractivity contribution is 0.557. The fraction of sp³-hybridized carbons (Fsp3) is 1.00. The summed E-state index contributed by atoms with van der Waals surface area (Å²) in [7, 11) is 0. The molecule has 0 nitrogen and oxygen atoms in total. The second-order valence-corrected chi connectivity index (χ2v) is 8.22. The number of hydrogen-bond donors (Lipinski definition) is 0. The minimum Gasteiger partial charge on any atom is -0.0890 e. The first-order chi connectivity index (χ1) is 5.59. The Bertz CT molecular complexity index is 139. The van der Waals surface area contributed by atoms with Gasteiger partial charge in [-0.1, -0.05) is 63.7 Å². The number of alkyl halides is 4. The van der Waals surface area contributed by atoms with Crippen molar-refractivity contribution in [1.29, 1.82) is 0 Å². The summed E-state index contributed by atoms with van der Waals surface area (Å²) >= 11 is 14.8. The zero-order chi connectivity index (χ0) is 9.14. The van der Waals surface area contributed by atoms with Crippen LogP contribution in [0.4, 0.5) is 0 Å².